The van der Waals surface area contributed by atoms with Gasteiger partial charge >= 0.3 is 0 Å². The molecule has 0 radical (unpaired) electrons. The first-order valence-corrected chi connectivity index (χ1v) is 9.98. The molecular formula is C23H27N5O. The first-order chi connectivity index (χ1) is 14.2. The molecule has 1 aliphatic heterocycles. The summed E-state index contributed by atoms with van der Waals surface area (Å²) in [4.78, 5) is 14.2. The number of aryl methyl sites for hydroxylation is 1. The highest BCUT2D eigenvalue weighted by Crippen LogP contribution is 2.27. The Morgan fingerprint density at radius 1 is 0.931 bits per heavy atom. The van der Waals surface area contributed by atoms with Crippen molar-refractivity contribution in [1.82, 2.24) is 14.9 Å². The summed E-state index contributed by atoms with van der Waals surface area (Å²) >= 11 is 0. The minimum Gasteiger partial charge on any atom is -0.495 e. The lowest BCUT2D eigenvalue weighted by Gasteiger charge is -2.35. The van der Waals surface area contributed by atoms with E-state index in [-0.39, 0.29) is 0 Å². The third kappa shape index (κ3) is 4.84. The Morgan fingerprint density at radius 2 is 1.66 bits per heavy atom. The summed E-state index contributed by atoms with van der Waals surface area (Å²) in [6.07, 6.45) is 0. The van der Waals surface area contributed by atoms with E-state index in [9.17, 15) is 0 Å². The van der Waals surface area contributed by atoms with E-state index in [4.69, 9.17) is 9.72 Å². The van der Waals surface area contributed by atoms with Crippen LogP contribution in [0.1, 0.15) is 11.3 Å². The fourth-order valence-corrected chi connectivity index (χ4v) is 3.59. The number of para-hydroxylation sites is 2. The Morgan fingerprint density at radius 3 is 2.41 bits per heavy atom. The molecule has 29 heavy (non-hydrogen) atoms. The number of aromatic nitrogens is 2. The van der Waals surface area contributed by atoms with Crippen LogP contribution in [0.3, 0.4) is 0 Å². The van der Waals surface area contributed by atoms with Gasteiger partial charge in [-0.25, -0.2) is 4.98 Å². The maximum Gasteiger partial charge on any atom is 0.227 e. The number of hydrogen-bond donors (Lipinski definition) is 1. The normalized spacial score (nSPS) is 14.6. The van der Waals surface area contributed by atoms with Crippen LogP contribution in [-0.2, 0) is 6.54 Å². The van der Waals surface area contributed by atoms with Crippen molar-refractivity contribution in [2.24, 2.45) is 0 Å². The zero-order valence-electron chi connectivity index (χ0n) is 17.0. The van der Waals surface area contributed by atoms with E-state index in [0.29, 0.717) is 0 Å². The summed E-state index contributed by atoms with van der Waals surface area (Å²) in [7, 11) is 1.67. The monoisotopic (exact) mass is 389 g/mol. The summed E-state index contributed by atoms with van der Waals surface area (Å²) in [5.74, 6) is 2.35. The van der Waals surface area contributed by atoms with Gasteiger partial charge in [0.05, 0.1) is 12.8 Å². The molecule has 0 unspecified atom stereocenters. The molecule has 2 heterocycles. The van der Waals surface area contributed by atoms with Crippen molar-refractivity contribution < 1.29 is 4.74 Å². The van der Waals surface area contributed by atoms with Gasteiger partial charge in [0.25, 0.3) is 0 Å². The molecule has 0 atom stereocenters. The van der Waals surface area contributed by atoms with Crippen LogP contribution >= 0.6 is 0 Å². The molecule has 1 saturated heterocycles. The van der Waals surface area contributed by atoms with Gasteiger partial charge in [0, 0.05) is 44.5 Å². The van der Waals surface area contributed by atoms with Crippen LogP contribution in [0.2, 0.25) is 0 Å². The molecule has 0 bridgehead atoms. The van der Waals surface area contributed by atoms with Gasteiger partial charge in [-0.05, 0) is 24.6 Å². The molecule has 0 aliphatic carbocycles. The number of hydrogen-bond acceptors (Lipinski definition) is 6. The summed E-state index contributed by atoms with van der Waals surface area (Å²) in [5.41, 5.74) is 3.20. The molecule has 6 heteroatoms. The van der Waals surface area contributed by atoms with E-state index in [1.807, 2.05) is 37.3 Å². The van der Waals surface area contributed by atoms with E-state index in [1.165, 1.54) is 5.56 Å². The van der Waals surface area contributed by atoms with E-state index in [1.54, 1.807) is 7.11 Å². The van der Waals surface area contributed by atoms with Crippen molar-refractivity contribution in [3.63, 3.8) is 0 Å². The second kappa shape index (κ2) is 8.92. The van der Waals surface area contributed by atoms with Crippen LogP contribution in [-0.4, -0.2) is 48.2 Å². The highest BCUT2D eigenvalue weighted by molar-refractivity contribution is 5.64. The summed E-state index contributed by atoms with van der Waals surface area (Å²) in [5, 5.41) is 3.37. The molecule has 150 valence electrons. The van der Waals surface area contributed by atoms with Gasteiger partial charge in [0.15, 0.2) is 0 Å². The fraction of sp³-hybridized carbons (Fsp3) is 0.304. The van der Waals surface area contributed by atoms with Crippen LogP contribution in [0, 0.1) is 6.92 Å². The number of benzene rings is 2. The summed E-state index contributed by atoms with van der Waals surface area (Å²) < 4.78 is 5.43. The molecule has 6 nitrogen and oxygen atoms in total. The largest absolute Gasteiger partial charge is 0.495 e. The van der Waals surface area contributed by atoms with Crippen molar-refractivity contribution in [3.05, 3.63) is 71.9 Å². The topological polar surface area (TPSA) is 53.5 Å². The average molecular weight is 390 g/mol. The maximum atomic E-state index is 5.43. The molecule has 1 N–H and O–H groups in total. The van der Waals surface area contributed by atoms with Gasteiger partial charge in [0.1, 0.15) is 11.6 Å². The van der Waals surface area contributed by atoms with Crippen LogP contribution in [0.25, 0.3) is 0 Å². The van der Waals surface area contributed by atoms with Gasteiger partial charge in [-0.1, -0.05) is 42.5 Å². The Kier molecular flexibility index (Phi) is 5.91. The van der Waals surface area contributed by atoms with Crippen molar-refractivity contribution in [3.8, 4) is 5.75 Å². The summed E-state index contributed by atoms with van der Waals surface area (Å²) in [6, 6.07) is 20.4. The van der Waals surface area contributed by atoms with Crippen molar-refractivity contribution >= 4 is 17.5 Å². The first kappa shape index (κ1) is 19.2. The SMILES string of the molecule is COc1ccccc1Nc1cc(C)nc(N2CCN(Cc3ccccc3)CC2)n1. The standard InChI is InChI=1S/C23H27N5O/c1-18-16-22(25-20-10-6-7-11-21(20)29-2)26-23(24-18)28-14-12-27(13-15-28)17-19-8-4-3-5-9-19/h3-11,16H,12-15,17H2,1-2H3,(H,24,25,26). The number of rotatable bonds is 6. The van der Waals surface area contributed by atoms with Crippen molar-refractivity contribution in [1.29, 1.82) is 0 Å². The number of piperazine rings is 1. The highest BCUT2D eigenvalue weighted by atomic mass is 16.5. The second-order valence-electron chi connectivity index (χ2n) is 7.27. The Hall–Kier alpha value is -3.12. The number of nitrogens with one attached hydrogen (secondary N) is 1. The molecule has 0 amide bonds. The fourth-order valence-electron chi connectivity index (χ4n) is 3.59. The molecule has 1 aromatic heterocycles. The Bertz CT molecular complexity index is 939. The van der Waals surface area contributed by atoms with Crippen LogP contribution in [0.15, 0.2) is 60.7 Å². The van der Waals surface area contributed by atoms with Crippen LogP contribution in [0.4, 0.5) is 17.5 Å². The number of methoxy groups -OCH3 is 1. The predicted octanol–water partition coefficient (Wildman–Crippen LogP) is 3.86. The highest BCUT2D eigenvalue weighted by Gasteiger charge is 2.20. The molecule has 1 fully saturated rings. The molecule has 0 spiro atoms. The van der Waals surface area contributed by atoms with Crippen LogP contribution < -0.4 is 15.0 Å². The smallest absolute Gasteiger partial charge is 0.227 e. The zero-order valence-corrected chi connectivity index (χ0v) is 17.0. The Balaban J connectivity index is 1.43. The molecular weight excluding hydrogens is 362 g/mol. The van der Waals surface area contributed by atoms with Crippen molar-refractivity contribution in [2.45, 2.75) is 13.5 Å². The van der Waals surface area contributed by atoms with E-state index < -0.39 is 0 Å². The second-order valence-corrected chi connectivity index (χ2v) is 7.27. The lowest BCUT2D eigenvalue weighted by atomic mass is 10.2. The molecule has 3 aromatic rings. The van der Waals surface area contributed by atoms with E-state index >= 15 is 0 Å². The lowest BCUT2D eigenvalue weighted by Crippen LogP contribution is -2.46. The lowest BCUT2D eigenvalue weighted by molar-refractivity contribution is 0.248. The zero-order chi connectivity index (χ0) is 20.1. The molecule has 4 rings (SSSR count). The maximum absolute atomic E-state index is 5.43. The van der Waals surface area contributed by atoms with Gasteiger partial charge < -0.3 is 15.0 Å². The van der Waals surface area contributed by atoms with E-state index in [0.717, 1.165) is 61.6 Å². The number of anilines is 3. The average Bonchev–Trinajstić information content (AvgIpc) is 2.75. The van der Waals surface area contributed by atoms with Gasteiger partial charge in [-0.15, -0.1) is 0 Å². The molecule has 2 aromatic carbocycles. The van der Waals surface area contributed by atoms with Crippen molar-refractivity contribution in [2.75, 3.05) is 43.5 Å². The number of nitrogens with zero attached hydrogens (tertiary/aromatic N) is 4. The number of ether oxygens (including phenoxy) is 1. The van der Waals surface area contributed by atoms with Crippen LogP contribution in [0.5, 0.6) is 5.75 Å². The summed E-state index contributed by atoms with van der Waals surface area (Å²) in [6.45, 7) is 6.84. The van der Waals surface area contributed by atoms with Gasteiger partial charge in [-0.3, -0.25) is 4.90 Å². The first-order valence-electron chi connectivity index (χ1n) is 9.98. The third-order valence-corrected chi connectivity index (χ3v) is 5.12. The van der Waals surface area contributed by atoms with E-state index in [2.05, 4.69) is 50.4 Å². The minimum atomic E-state index is 0.779. The Labute approximate surface area is 172 Å². The molecule has 0 saturated carbocycles. The van der Waals surface area contributed by atoms with Gasteiger partial charge in [0.2, 0.25) is 5.95 Å². The minimum absolute atomic E-state index is 0.779. The predicted molar refractivity (Wildman–Crippen MR) is 117 cm³/mol. The quantitative estimate of drug-likeness (QED) is 0.691. The molecule has 1 aliphatic rings. The third-order valence-electron chi connectivity index (χ3n) is 5.12. The van der Waals surface area contributed by atoms with Gasteiger partial charge in [-0.2, -0.15) is 4.98 Å².